The maximum absolute atomic E-state index is 13.2. The molecule has 6 nitrogen and oxygen atoms in total. The van der Waals surface area contributed by atoms with Crippen LogP contribution in [-0.4, -0.2) is 41.9 Å². The van der Waals surface area contributed by atoms with Gasteiger partial charge in [0.2, 0.25) is 0 Å². The van der Waals surface area contributed by atoms with Gasteiger partial charge in [0.05, 0.1) is 5.69 Å². The Morgan fingerprint density at radius 2 is 1.81 bits per heavy atom. The molecule has 3 aromatic rings. The number of benzene rings is 2. The molecule has 0 radical (unpaired) electrons. The van der Waals surface area contributed by atoms with Gasteiger partial charge >= 0.3 is 0 Å². The van der Waals surface area contributed by atoms with Crippen molar-refractivity contribution < 1.29 is 14.3 Å². The Morgan fingerprint density at radius 1 is 1.06 bits per heavy atom. The van der Waals surface area contributed by atoms with E-state index in [0.29, 0.717) is 24.2 Å². The first-order valence-electron chi connectivity index (χ1n) is 10.7. The quantitative estimate of drug-likeness (QED) is 0.454. The van der Waals surface area contributed by atoms with Gasteiger partial charge in [0.15, 0.2) is 5.78 Å². The zero-order valence-corrected chi connectivity index (χ0v) is 19.0. The number of carbonyl (C=O) groups is 2. The molecular formula is C26H29N3O3. The largest absolute Gasteiger partial charge is 0.375 e. The lowest BCUT2D eigenvalue weighted by molar-refractivity contribution is -0.122. The van der Waals surface area contributed by atoms with Gasteiger partial charge in [-0.1, -0.05) is 36.8 Å². The first-order chi connectivity index (χ1) is 15.4. The summed E-state index contributed by atoms with van der Waals surface area (Å²) in [6.07, 6.45) is 5.24. The molecule has 0 N–H and O–H groups in total. The molecule has 1 aromatic heterocycles. The van der Waals surface area contributed by atoms with Crippen LogP contribution in [-0.2, 0) is 9.53 Å². The second kappa shape index (κ2) is 10.8. The number of rotatable bonds is 9. The van der Waals surface area contributed by atoms with Crippen LogP contribution in [0.15, 0.2) is 61.1 Å². The van der Waals surface area contributed by atoms with Gasteiger partial charge in [0.25, 0.3) is 5.91 Å². The van der Waals surface area contributed by atoms with Crippen LogP contribution in [0.25, 0.3) is 11.1 Å². The number of ether oxygens (including phenoxy) is 1. The second-order valence-corrected chi connectivity index (χ2v) is 7.86. The number of likely N-dealkylation sites (N-methyl/N-ethyl adjacent to an activating group) is 1. The molecule has 0 spiro atoms. The number of ketones is 1. The van der Waals surface area contributed by atoms with Crippen LogP contribution in [0.1, 0.15) is 47.8 Å². The number of amides is 1. The molecule has 32 heavy (non-hydrogen) atoms. The van der Waals surface area contributed by atoms with Gasteiger partial charge in [-0.15, -0.1) is 0 Å². The van der Waals surface area contributed by atoms with E-state index in [1.165, 1.54) is 7.11 Å². The predicted molar refractivity (Wildman–Crippen MR) is 126 cm³/mol. The van der Waals surface area contributed by atoms with Gasteiger partial charge in [-0.3, -0.25) is 19.6 Å². The molecule has 1 atom stereocenters. The van der Waals surface area contributed by atoms with Crippen molar-refractivity contribution in [1.29, 1.82) is 0 Å². The number of anilines is 1. The van der Waals surface area contributed by atoms with Gasteiger partial charge in [-0.05, 0) is 43.2 Å². The number of methoxy groups -OCH3 is 1. The highest BCUT2D eigenvalue weighted by atomic mass is 16.5. The number of aromatic nitrogens is 2. The number of hydrogen-bond donors (Lipinski definition) is 0. The molecule has 0 aliphatic rings. The van der Waals surface area contributed by atoms with Crippen molar-refractivity contribution in [2.24, 2.45) is 0 Å². The molecule has 0 saturated heterocycles. The molecule has 0 bridgehead atoms. The summed E-state index contributed by atoms with van der Waals surface area (Å²) in [7, 11) is 1.50. The van der Waals surface area contributed by atoms with Crippen molar-refractivity contribution in [3.8, 4) is 11.1 Å². The number of carbonyl (C=O) groups excluding carboxylic acids is 2. The predicted octanol–water partition coefficient (Wildman–Crippen LogP) is 4.83. The summed E-state index contributed by atoms with van der Waals surface area (Å²) < 4.78 is 5.04. The molecule has 6 heteroatoms. The summed E-state index contributed by atoms with van der Waals surface area (Å²) in [6.45, 7) is 6.36. The smallest absolute Gasteiger partial charge is 0.252 e. The van der Waals surface area contributed by atoms with Crippen molar-refractivity contribution in [2.75, 3.05) is 25.2 Å². The molecule has 3 rings (SSSR count). The van der Waals surface area contributed by atoms with E-state index >= 15 is 0 Å². The van der Waals surface area contributed by atoms with Crippen LogP contribution in [0.4, 0.5) is 5.69 Å². The molecule has 0 aliphatic heterocycles. The lowest BCUT2D eigenvalue weighted by Gasteiger charge is -2.22. The van der Waals surface area contributed by atoms with Gasteiger partial charge < -0.3 is 9.64 Å². The van der Waals surface area contributed by atoms with E-state index in [2.05, 4.69) is 9.97 Å². The molecule has 0 aliphatic carbocycles. The van der Waals surface area contributed by atoms with Crippen molar-refractivity contribution >= 4 is 17.4 Å². The van der Waals surface area contributed by atoms with Crippen LogP contribution in [0, 0.1) is 6.92 Å². The number of nitrogens with zero attached hydrogens (tertiary/aromatic N) is 3. The Balaban J connectivity index is 2.00. The van der Waals surface area contributed by atoms with E-state index < -0.39 is 0 Å². The van der Waals surface area contributed by atoms with E-state index in [1.54, 1.807) is 29.6 Å². The fraction of sp³-hybridized carbons (Fsp3) is 0.308. The summed E-state index contributed by atoms with van der Waals surface area (Å²) >= 11 is 0. The zero-order chi connectivity index (χ0) is 23.1. The van der Waals surface area contributed by atoms with E-state index in [1.807, 2.05) is 57.2 Å². The van der Waals surface area contributed by atoms with Crippen molar-refractivity contribution in [3.05, 3.63) is 77.9 Å². The minimum Gasteiger partial charge on any atom is -0.375 e. The standard InChI is InChI=1S/C26H29N3O3/c1-5-29(26(31)17-32-4)23-14-21(20-8-6-18(2)7-9-20)13-22(15-23)25(30)12-19(3)24-16-27-10-11-28-24/h6-11,13-16,19H,5,12,17H2,1-4H3. The average Bonchev–Trinajstić information content (AvgIpc) is 2.80. The van der Waals surface area contributed by atoms with Crippen LogP contribution in [0.5, 0.6) is 0 Å². The highest BCUT2D eigenvalue weighted by Crippen LogP contribution is 2.29. The first kappa shape index (κ1) is 23.3. The van der Waals surface area contributed by atoms with Crippen molar-refractivity contribution in [3.63, 3.8) is 0 Å². The Bertz CT molecular complexity index is 1070. The van der Waals surface area contributed by atoms with Crippen molar-refractivity contribution in [1.82, 2.24) is 9.97 Å². The van der Waals surface area contributed by atoms with E-state index in [4.69, 9.17) is 4.74 Å². The van der Waals surface area contributed by atoms with Crippen LogP contribution < -0.4 is 4.90 Å². The maximum atomic E-state index is 13.2. The molecule has 0 saturated carbocycles. The van der Waals surface area contributed by atoms with Gasteiger partial charge in [-0.2, -0.15) is 0 Å². The second-order valence-electron chi connectivity index (χ2n) is 7.86. The summed E-state index contributed by atoms with van der Waals surface area (Å²) in [5.74, 6) is -0.226. The lowest BCUT2D eigenvalue weighted by atomic mass is 9.94. The molecule has 2 aromatic carbocycles. The number of aryl methyl sites for hydroxylation is 1. The zero-order valence-electron chi connectivity index (χ0n) is 19.0. The van der Waals surface area contributed by atoms with E-state index in [9.17, 15) is 9.59 Å². The van der Waals surface area contributed by atoms with Crippen LogP contribution >= 0.6 is 0 Å². The minimum absolute atomic E-state index is 0.00592. The highest BCUT2D eigenvalue weighted by molar-refractivity contribution is 6.01. The Morgan fingerprint density at radius 3 is 2.44 bits per heavy atom. The monoisotopic (exact) mass is 431 g/mol. The van der Waals surface area contributed by atoms with E-state index in [0.717, 1.165) is 22.4 Å². The summed E-state index contributed by atoms with van der Waals surface area (Å²) in [5.41, 5.74) is 5.07. The fourth-order valence-electron chi connectivity index (χ4n) is 3.61. The van der Waals surface area contributed by atoms with Crippen LogP contribution in [0.2, 0.25) is 0 Å². The van der Waals surface area contributed by atoms with E-state index in [-0.39, 0.29) is 24.2 Å². The first-order valence-corrected chi connectivity index (χ1v) is 10.7. The summed E-state index contributed by atoms with van der Waals surface area (Å²) in [6, 6.07) is 13.8. The normalized spacial score (nSPS) is 11.8. The Kier molecular flexibility index (Phi) is 7.84. The third-order valence-electron chi connectivity index (χ3n) is 5.40. The average molecular weight is 432 g/mol. The number of hydrogen-bond acceptors (Lipinski definition) is 5. The Labute approximate surface area is 189 Å². The van der Waals surface area contributed by atoms with Gasteiger partial charge in [0, 0.05) is 55.8 Å². The lowest BCUT2D eigenvalue weighted by Crippen LogP contribution is -2.33. The topological polar surface area (TPSA) is 72.4 Å². The van der Waals surface area contributed by atoms with Crippen molar-refractivity contribution in [2.45, 2.75) is 33.1 Å². The number of Topliss-reactive ketones (excluding diaryl/α,β-unsaturated/α-hetero) is 1. The molecule has 1 heterocycles. The SMILES string of the molecule is CCN(C(=O)COC)c1cc(C(=O)CC(C)c2cnccn2)cc(-c2ccc(C)cc2)c1. The molecule has 1 amide bonds. The highest BCUT2D eigenvalue weighted by Gasteiger charge is 2.20. The third kappa shape index (κ3) is 5.65. The van der Waals surface area contributed by atoms with Gasteiger partial charge in [0.1, 0.15) is 6.61 Å². The molecule has 166 valence electrons. The minimum atomic E-state index is -0.151. The van der Waals surface area contributed by atoms with Gasteiger partial charge in [-0.25, -0.2) is 0 Å². The van der Waals surface area contributed by atoms with Crippen LogP contribution in [0.3, 0.4) is 0 Å². The molecular weight excluding hydrogens is 402 g/mol. The Hall–Kier alpha value is -3.38. The third-order valence-corrected chi connectivity index (χ3v) is 5.40. The summed E-state index contributed by atoms with van der Waals surface area (Å²) in [5, 5.41) is 0. The molecule has 0 fully saturated rings. The molecule has 1 unspecified atom stereocenters. The maximum Gasteiger partial charge on any atom is 0.252 e. The fourth-order valence-corrected chi connectivity index (χ4v) is 3.61. The summed E-state index contributed by atoms with van der Waals surface area (Å²) in [4.78, 5) is 35.9.